The highest BCUT2D eigenvalue weighted by molar-refractivity contribution is 7.80. The van der Waals surface area contributed by atoms with Gasteiger partial charge in [0.05, 0.1) is 7.11 Å². The SMILES string of the molecule is CCCCCNC(=S)NNC(=O)COc1ccc(OC)cc1. The maximum atomic E-state index is 11.6. The lowest BCUT2D eigenvalue weighted by Gasteiger charge is -2.12. The third-order valence-electron chi connectivity index (χ3n) is 2.81. The van der Waals surface area contributed by atoms with Gasteiger partial charge >= 0.3 is 0 Å². The number of nitrogens with one attached hydrogen (secondary N) is 3. The van der Waals surface area contributed by atoms with Crippen molar-refractivity contribution < 1.29 is 14.3 Å². The molecule has 0 heterocycles. The standard InChI is InChI=1S/C15H23N3O3S/c1-3-4-5-10-16-15(22)18-17-14(19)11-21-13-8-6-12(20-2)7-9-13/h6-9H,3-5,10-11H2,1-2H3,(H,17,19)(H2,16,18,22). The Labute approximate surface area is 136 Å². The van der Waals surface area contributed by atoms with E-state index in [1.165, 1.54) is 0 Å². The van der Waals surface area contributed by atoms with Crippen LogP contribution in [0.15, 0.2) is 24.3 Å². The number of rotatable bonds is 8. The molecule has 0 aromatic heterocycles. The third-order valence-corrected chi connectivity index (χ3v) is 3.06. The number of hydrazine groups is 1. The van der Waals surface area contributed by atoms with Gasteiger partial charge in [0.2, 0.25) is 0 Å². The molecule has 3 N–H and O–H groups in total. The second kappa shape index (κ2) is 10.7. The smallest absolute Gasteiger partial charge is 0.276 e. The zero-order valence-corrected chi connectivity index (χ0v) is 13.8. The predicted molar refractivity (Wildman–Crippen MR) is 89.9 cm³/mol. The van der Waals surface area contributed by atoms with Crippen molar-refractivity contribution in [1.82, 2.24) is 16.2 Å². The van der Waals surface area contributed by atoms with Gasteiger partial charge in [0, 0.05) is 6.54 Å². The molecule has 0 fully saturated rings. The molecule has 0 radical (unpaired) electrons. The van der Waals surface area contributed by atoms with Gasteiger partial charge < -0.3 is 14.8 Å². The average Bonchev–Trinajstić information content (AvgIpc) is 2.55. The minimum absolute atomic E-state index is 0.0994. The molecular weight excluding hydrogens is 302 g/mol. The van der Waals surface area contributed by atoms with Crippen LogP contribution in [0, 0.1) is 0 Å². The van der Waals surface area contributed by atoms with E-state index in [1.54, 1.807) is 31.4 Å². The first-order valence-corrected chi connectivity index (χ1v) is 7.66. The van der Waals surface area contributed by atoms with Crippen LogP contribution in [-0.2, 0) is 4.79 Å². The lowest BCUT2D eigenvalue weighted by atomic mass is 10.2. The molecule has 6 nitrogen and oxygen atoms in total. The molecule has 22 heavy (non-hydrogen) atoms. The minimum atomic E-state index is -0.312. The molecule has 1 rings (SSSR count). The monoisotopic (exact) mass is 325 g/mol. The predicted octanol–water partition coefficient (Wildman–Crippen LogP) is 1.76. The first-order valence-electron chi connectivity index (χ1n) is 7.25. The number of carbonyl (C=O) groups is 1. The van der Waals surface area contributed by atoms with E-state index < -0.39 is 0 Å². The Kier molecular flexibility index (Phi) is 8.74. The molecule has 0 saturated carbocycles. The van der Waals surface area contributed by atoms with Crippen molar-refractivity contribution in [1.29, 1.82) is 0 Å². The largest absolute Gasteiger partial charge is 0.497 e. The van der Waals surface area contributed by atoms with E-state index in [-0.39, 0.29) is 12.5 Å². The van der Waals surface area contributed by atoms with Gasteiger partial charge in [0.15, 0.2) is 11.7 Å². The van der Waals surface area contributed by atoms with Crippen LogP contribution < -0.4 is 25.6 Å². The molecule has 1 aromatic carbocycles. The van der Waals surface area contributed by atoms with Crippen molar-refractivity contribution in [2.45, 2.75) is 26.2 Å². The van der Waals surface area contributed by atoms with E-state index in [0.29, 0.717) is 10.9 Å². The Morgan fingerprint density at radius 2 is 1.82 bits per heavy atom. The second-order valence-electron chi connectivity index (χ2n) is 4.60. The summed E-state index contributed by atoms with van der Waals surface area (Å²) >= 11 is 5.04. The van der Waals surface area contributed by atoms with Crippen LogP contribution in [-0.4, -0.2) is 31.3 Å². The summed E-state index contributed by atoms with van der Waals surface area (Å²) < 4.78 is 10.4. The lowest BCUT2D eigenvalue weighted by Crippen LogP contribution is -2.48. The number of hydrogen-bond acceptors (Lipinski definition) is 4. The van der Waals surface area contributed by atoms with Crippen LogP contribution in [0.3, 0.4) is 0 Å². The van der Waals surface area contributed by atoms with Gasteiger partial charge in [-0.15, -0.1) is 0 Å². The third kappa shape index (κ3) is 7.68. The van der Waals surface area contributed by atoms with Gasteiger partial charge in [-0.2, -0.15) is 0 Å². The second-order valence-corrected chi connectivity index (χ2v) is 5.01. The van der Waals surface area contributed by atoms with E-state index in [0.717, 1.165) is 31.6 Å². The van der Waals surface area contributed by atoms with Crippen LogP contribution in [0.4, 0.5) is 0 Å². The number of amides is 1. The quantitative estimate of drug-likeness (QED) is 0.384. The van der Waals surface area contributed by atoms with Gasteiger partial charge in [-0.3, -0.25) is 15.6 Å². The van der Waals surface area contributed by atoms with E-state index >= 15 is 0 Å². The molecule has 0 aliphatic carbocycles. The van der Waals surface area contributed by atoms with Gasteiger partial charge in [-0.05, 0) is 42.9 Å². The molecule has 0 aliphatic rings. The van der Waals surface area contributed by atoms with Gasteiger partial charge in [0.25, 0.3) is 5.91 Å². The number of unbranched alkanes of at least 4 members (excludes halogenated alkanes) is 2. The van der Waals surface area contributed by atoms with Crippen LogP contribution in [0.25, 0.3) is 0 Å². The molecule has 7 heteroatoms. The Morgan fingerprint density at radius 3 is 2.45 bits per heavy atom. The van der Waals surface area contributed by atoms with Crippen LogP contribution in [0.2, 0.25) is 0 Å². The van der Waals surface area contributed by atoms with Crippen molar-refractivity contribution in [3.63, 3.8) is 0 Å². The van der Waals surface area contributed by atoms with Crippen molar-refractivity contribution in [3.05, 3.63) is 24.3 Å². The molecule has 122 valence electrons. The summed E-state index contributed by atoms with van der Waals surface area (Å²) in [6, 6.07) is 7.00. The van der Waals surface area contributed by atoms with Crippen LogP contribution in [0.1, 0.15) is 26.2 Å². The summed E-state index contributed by atoms with van der Waals surface area (Å²) in [6.45, 7) is 2.83. The number of benzene rings is 1. The maximum absolute atomic E-state index is 11.6. The highest BCUT2D eigenvalue weighted by Gasteiger charge is 2.03. The lowest BCUT2D eigenvalue weighted by molar-refractivity contribution is -0.123. The molecule has 0 unspecified atom stereocenters. The van der Waals surface area contributed by atoms with Crippen molar-refractivity contribution in [2.75, 3.05) is 20.3 Å². The Morgan fingerprint density at radius 1 is 1.14 bits per heavy atom. The van der Waals surface area contributed by atoms with Gasteiger partial charge in [-0.25, -0.2) is 0 Å². The van der Waals surface area contributed by atoms with Crippen molar-refractivity contribution in [2.24, 2.45) is 0 Å². The zero-order valence-electron chi connectivity index (χ0n) is 13.0. The topological polar surface area (TPSA) is 71.6 Å². The average molecular weight is 325 g/mol. The number of ether oxygens (including phenoxy) is 2. The number of carbonyl (C=O) groups excluding carboxylic acids is 1. The Bertz CT molecular complexity index is 466. The van der Waals surface area contributed by atoms with E-state index in [9.17, 15) is 4.79 Å². The summed E-state index contributed by atoms with van der Waals surface area (Å²) in [5.74, 6) is 1.02. The van der Waals surface area contributed by atoms with Crippen LogP contribution in [0.5, 0.6) is 11.5 Å². The highest BCUT2D eigenvalue weighted by Crippen LogP contribution is 2.16. The van der Waals surface area contributed by atoms with E-state index in [4.69, 9.17) is 21.7 Å². The molecule has 1 aromatic rings. The Hall–Kier alpha value is -2.02. The summed E-state index contributed by atoms with van der Waals surface area (Å²) in [7, 11) is 1.59. The molecule has 0 atom stereocenters. The van der Waals surface area contributed by atoms with Crippen molar-refractivity contribution >= 4 is 23.2 Å². The number of thiocarbonyl (C=S) groups is 1. The fourth-order valence-electron chi connectivity index (χ4n) is 1.60. The summed E-state index contributed by atoms with van der Waals surface area (Å²) in [6.07, 6.45) is 3.35. The Balaban J connectivity index is 2.16. The van der Waals surface area contributed by atoms with E-state index in [2.05, 4.69) is 23.1 Å². The number of hydrogen-bond donors (Lipinski definition) is 3. The van der Waals surface area contributed by atoms with Gasteiger partial charge in [-0.1, -0.05) is 19.8 Å². The zero-order chi connectivity index (χ0) is 16.2. The fourth-order valence-corrected chi connectivity index (χ4v) is 1.76. The summed E-state index contributed by atoms with van der Waals surface area (Å²) in [5, 5.41) is 3.41. The summed E-state index contributed by atoms with van der Waals surface area (Å²) in [4.78, 5) is 11.6. The number of methoxy groups -OCH3 is 1. The molecule has 0 aliphatic heterocycles. The molecule has 0 spiro atoms. The first-order chi connectivity index (χ1) is 10.7. The first kappa shape index (κ1) is 18.0. The molecule has 0 bridgehead atoms. The van der Waals surface area contributed by atoms with E-state index in [1.807, 2.05) is 0 Å². The minimum Gasteiger partial charge on any atom is -0.497 e. The molecule has 1 amide bonds. The maximum Gasteiger partial charge on any atom is 0.276 e. The van der Waals surface area contributed by atoms with Crippen molar-refractivity contribution in [3.8, 4) is 11.5 Å². The fraction of sp³-hybridized carbons (Fsp3) is 0.467. The van der Waals surface area contributed by atoms with Crippen LogP contribution >= 0.6 is 12.2 Å². The molecular formula is C15H23N3O3S. The normalized spacial score (nSPS) is 9.73. The molecule has 0 saturated heterocycles. The summed E-state index contributed by atoms with van der Waals surface area (Å²) in [5.41, 5.74) is 5.11. The highest BCUT2D eigenvalue weighted by atomic mass is 32.1. The van der Waals surface area contributed by atoms with Gasteiger partial charge in [0.1, 0.15) is 11.5 Å².